The number of imide groups is 3. The van der Waals surface area contributed by atoms with Gasteiger partial charge >= 0.3 is 12.1 Å². The molecule has 1 aromatic heterocycles. The van der Waals surface area contributed by atoms with Gasteiger partial charge in [-0.25, -0.2) is 9.18 Å². The van der Waals surface area contributed by atoms with E-state index in [1.807, 2.05) is 13.8 Å². The average molecular weight is 634 g/mol. The van der Waals surface area contributed by atoms with Crippen LogP contribution in [0.25, 0.3) is 0 Å². The Balaban J connectivity index is 1.63. The Morgan fingerprint density at radius 3 is 2.49 bits per heavy atom. The molecule has 2 heterocycles. The summed E-state index contributed by atoms with van der Waals surface area (Å²) in [6.07, 6.45) is 1.47. The van der Waals surface area contributed by atoms with E-state index in [4.69, 9.17) is 9.47 Å². The van der Waals surface area contributed by atoms with E-state index in [0.29, 0.717) is 21.4 Å². The molecule has 3 amide bonds. The minimum absolute atomic E-state index is 0.0462. The standard InChI is InChI=1S/C31H38BrFN2O6/c1-17(2)21-12-9-18(3)22(14-19-10-11-20(32)15-23(19)33)27(21)40-30(39)35-28(37)24-8-7-13-34(24)25(29(35)38)16-26(36)41-31(4,5)6/h7-8,10-11,13,15,17-18,21-22,25,27H,9,12,14,16H2,1-6H3. The second kappa shape index (κ2) is 12.1. The summed E-state index contributed by atoms with van der Waals surface area (Å²) >= 11 is 3.29. The molecule has 2 aliphatic rings. The molecule has 1 saturated carbocycles. The maximum Gasteiger partial charge on any atom is 0.424 e. The number of halogens is 2. The van der Waals surface area contributed by atoms with Gasteiger partial charge < -0.3 is 14.0 Å². The molecule has 1 aliphatic carbocycles. The largest absolute Gasteiger partial charge is 0.460 e. The second-order valence-corrected chi connectivity index (χ2v) is 13.4. The number of rotatable bonds is 6. The van der Waals surface area contributed by atoms with E-state index in [1.54, 1.807) is 39.0 Å². The van der Waals surface area contributed by atoms with E-state index in [2.05, 4.69) is 22.9 Å². The Morgan fingerprint density at radius 2 is 1.85 bits per heavy atom. The van der Waals surface area contributed by atoms with E-state index >= 15 is 0 Å². The van der Waals surface area contributed by atoms with Crippen LogP contribution in [0.4, 0.5) is 9.18 Å². The van der Waals surface area contributed by atoms with Crippen LogP contribution in [0.1, 0.15) is 82.9 Å². The smallest absolute Gasteiger partial charge is 0.424 e. The SMILES string of the molecule is CC(C)C1CCC(C)C(Cc2ccc(Br)cc2F)C1OC(=O)N1C(=O)c2cccn2C(CC(=O)OC(C)(C)C)C1=O. The third-order valence-electron chi connectivity index (χ3n) is 8.10. The van der Waals surface area contributed by atoms with Crippen molar-refractivity contribution in [1.29, 1.82) is 0 Å². The van der Waals surface area contributed by atoms with Gasteiger partial charge in [-0.15, -0.1) is 0 Å². The molecule has 5 unspecified atom stereocenters. The number of carbonyl (C=O) groups is 4. The zero-order chi connectivity index (χ0) is 30.2. The first-order valence-electron chi connectivity index (χ1n) is 14.1. The molecule has 8 nitrogen and oxygen atoms in total. The van der Waals surface area contributed by atoms with E-state index in [0.717, 1.165) is 12.8 Å². The van der Waals surface area contributed by atoms with Crippen molar-refractivity contribution in [3.63, 3.8) is 0 Å². The molecule has 222 valence electrons. The molecular formula is C31H38BrFN2O6. The molecular weight excluding hydrogens is 595 g/mol. The number of nitrogens with zero attached hydrogens (tertiary/aromatic N) is 2. The molecule has 4 rings (SSSR count). The highest BCUT2D eigenvalue weighted by Crippen LogP contribution is 2.42. The number of hydrogen-bond acceptors (Lipinski definition) is 6. The van der Waals surface area contributed by atoms with Gasteiger partial charge in [-0.05, 0) is 87.6 Å². The van der Waals surface area contributed by atoms with Crippen molar-refractivity contribution in [2.24, 2.45) is 23.7 Å². The highest BCUT2D eigenvalue weighted by Gasteiger charge is 2.47. The van der Waals surface area contributed by atoms with Gasteiger partial charge in [0.15, 0.2) is 0 Å². The van der Waals surface area contributed by atoms with Crippen LogP contribution in [0.2, 0.25) is 0 Å². The molecule has 5 atom stereocenters. The summed E-state index contributed by atoms with van der Waals surface area (Å²) in [5, 5.41) is 0. The first-order valence-corrected chi connectivity index (χ1v) is 14.9. The Morgan fingerprint density at radius 1 is 1.15 bits per heavy atom. The van der Waals surface area contributed by atoms with Crippen LogP contribution in [0, 0.1) is 29.5 Å². The van der Waals surface area contributed by atoms with E-state index in [1.165, 1.54) is 22.9 Å². The van der Waals surface area contributed by atoms with Gasteiger partial charge in [0.25, 0.3) is 11.8 Å². The third-order valence-corrected chi connectivity index (χ3v) is 8.59. The number of carbonyl (C=O) groups excluding carboxylic acids is 4. The molecule has 1 aromatic carbocycles. The van der Waals surface area contributed by atoms with Crippen molar-refractivity contribution in [2.75, 3.05) is 0 Å². The molecule has 0 radical (unpaired) electrons. The zero-order valence-corrected chi connectivity index (χ0v) is 25.9. The van der Waals surface area contributed by atoms with Crippen molar-refractivity contribution in [2.45, 2.75) is 85.0 Å². The van der Waals surface area contributed by atoms with Gasteiger partial charge in [0.05, 0.1) is 6.42 Å². The average Bonchev–Trinajstić information content (AvgIpc) is 3.34. The lowest BCUT2D eigenvalue weighted by Crippen LogP contribution is -2.53. The summed E-state index contributed by atoms with van der Waals surface area (Å²) in [5.41, 5.74) is -0.160. The van der Waals surface area contributed by atoms with Crippen molar-refractivity contribution < 1.29 is 33.0 Å². The molecule has 0 bridgehead atoms. The lowest BCUT2D eigenvalue weighted by atomic mass is 9.67. The van der Waals surface area contributed by atoms with Crippen LogP contribution in [0.15, 0.2) is 41.0 Å². The number of benzene rings is 1. The molecule has 0 saturated heterocycles. The fourth-order valence-corrected chi connectivity index (χ4v) is 6.35. The van der Waals surface area contributed by atoms with Gasteiger partial charge in [0, 0.05) is 16.6 Å². The van der Waals surface area contributed by atoms with E-state index in [9.17, 15) is 23.6 Å². The third kappa shape index (κ3) is 6.74. The fraction of sp³-hybridized carbons (Fsp3) is 0.548. The van der Waals surface area contributed by atoms with Crippen molar-refractivity contribution in [3.8, 4) is 0 Å². The lowest BCUT2D eigenvalue weighted by Gasteiger charge is -2.44. The Bertz CT molecular complexity index is 1330. The summed E-state index contributed by atoms with van der Waals surface area (Å²) in [5.74, 6) is -2.67. The molecule has 0 N–H and O–H groups in total. The highest BCUT2D eigenvalue weighted by atomic mass is 79.9. The molecule has 1 fully saturated rings. The van der Waals surface area contributed by atoms with Crippen LogP contribution < -0.4 is 0 Å². The summed E-state index contributed by atoms with van der Waals surface area (Å²) in [7, 11) is 0. The van der Waals surface area contributed by atoms with Crippen LogP contribution >= 0.6 is 15.9 Å². The van der Waals surface area contributed by atoms with Crippen LogP contribution in [-0.2, 0) is 25.5 Å². The summed E-state index contributed by atoms with van der Waals surface area (Å²) < 4.78 is 28.4. The Labute approximate surface area is 248 Å². The van der Waals surface area contributed by atoms with Gasteiger partial charge in [-0.2, -0.15) is 4.90 Å². The number of aromatic nitrogens is 1. The monoisotopic (exact) mass is 632 g/mol. The predicted octanol–water partition coefficient (Wildman–Crippen LogP) is 6.71. The van der Waals surface area contributed by atoms with Crippen molar-refractivity contribution >= 4 is 39.8 Å². The molecule has 0 spiro atoms. The molecule has 41 heavy (non-hydrogen) atoms. The zero-order valence-electron chi connectivity index (χ0n) is 24.4. The number of fused-ring (bicyclic) bond motifs is 1. The van der Waals surface area contributed by atoms with E-state index < -0.39 is 41.6 Å². The summed E-state index contributed by atoms with van der Waals surface area (Å²) in [6, 6.07) is 6.84. The minimum atomic E-state index is -1.14. The van der Waals surface area contributed by atoms with Crippen molar-refractivity contribution in [1.82, 2.24) is 9.47 Å². The normalized spacial score (nSPS) is 24.8. The molecule has 1 aliphatic heterocycles. The molecule has 10 heteroatoms. The van der Waals surface area contributed by atoms with Crippen LogP contribution in [-0.4, -0.2) is 45.0 Å². The van der Waals surface area contributed by atoms with Gasteiger partial charge in [-0.3, -0.25) is 14.4 Å². The number of esters is 1. The summed E-state index contributed by atoms with van der Waals surface area (Å²) in [6.45, 7) is 11.3. The van der Waals surface area contributed by atoms with Crippen LogP contribution in [0.5, 0.6) is 0 Å². The predicted molar refractivity (Wildman–Crippen MR) is 153 cm³/mol. The Hall–Kier alpha value is -3.01. The maximum atomic E-state index is 14.9. The number of amides is 3. The highest BCUT2D eigenvalue weighted by molar-refractivity contribution is 9.10. The van der Waals surface area contributed by atoms with Gasteiger partial charge in [0.2, 0.25) is 0 Å². The lowest BCUT2D eigenvalue weighted by molar-refractivity contribution is -0.158. The maximum absolute atomic E-state index is 14.9. The minimum Gasteiger partial charge on any atom is -0.460 e. The number of hydrogen-bond donors (Lipinski definition) is 0. The van der Waals surface area contributed by atoms with Gasteiger partial charge in [0.1, 0.15) is 29.3 Å². The van der Waals surface area contributed by atoms with E-state index in [-0.39, 0.29) is 41.6 Å². The fourth-order valence-electron chi connectivity index (χ4n) is 6.02. The summed E-state index contributed by atoms with van der Waals surface area (Å²) in [4.78, 5) is 53.9. The first kappa shape index (κ1) is 30.9. The van der Waals surface area contributed by atoms with Gasteiger partial charge in [-0.1, -0.05) is 42.8 Å². The first-order chi connectivity index (χ1) is 19.2. The Kier molecular flexibility index (Phi) is 9.11. The van der Waals surface area contributed by atoms with Crippen molar-refractivity contribution in [3.05, 3.63) is 58.1 Å². The molecule has 2 aromatic rings. The quantitative estimate of drug-likeness (QED) is 0.259. The van der Waals surface area contributed by atoms with Crippen LogP contribution in [0.3, 0.4) is 0 Å². The second-order valence-electron chi connectivity index (χ2n) is 12.5. The number of ether oxygens (including phenoxy) is 2. The topological polar surface area (TPSA) is 94.9 Å².